The molecule has 6 heteroatoms. The lowest BCUT2D eigenvalue weighted by Gasteiger charge is -2.30. The second-order valence-electron chi connectivity index (χ2n) is 5.88. The number of carbonyl (C=O) groups excluding carboxylic acids is 1. The van der Waals surface area contributed by atoms with E-state index >= 15 is 0 Å². The Hall–Kier alpha value is -2.50. The minimum atomic E-state index is -0.343. The maximum Gasteiger partial charge on any atom is 0.272 e. The molecule has 1 aromatic heterocycles. The molecule has 1 fully saturated rings. The molecule has 5 nitrogen and oxygen atoms in total. The van der Waals surface area contributed by atoms with Crippen molar-refractivity contribution in [3.05, 3.63) is 48.0 Å². The fourth-order valence-electron chi connectivity index (χ4n) is 2.61. The van der Waals surface area contributed by atoms with E-state index in [0.29, 0.717) is 17.3 Å². The lowest BCUT2D eigenvalue weighted by Crippen LogP contribution is -2.38. The molecule has 1 amide bonds. The van der Waals surface area contributed by atoms with E-state index in [2.05, 4.69) is 22.2 Å². The number of rotatable bonds is 3. The lowest BCUT2D eigenvalue weighted by molar-refractivity contribution is 0.0691. The van der Waals surface area contributed by atoms with Crippen LogP contribution in [0.15, 0.2) is 36.5 Å². The van der Waals surface area contributed by atoms with Crippen LogP contribution in [0.2, 0.25) is 0 Å². The third-order valence-corrected chi connectivity index (χ3v) is 4.03. The maximum atomic E-state index is 13.2. The minimum absolute atomic E-state index is 0.0819. The number of piperidine rings is 1. The number of aromatic nitrogens is 2. The molecule has 3 rings (SSSR count). The van der Waals surface area contributed by atoms with Gasteiger partial charge in [0.05, 0.1) is 0 Å². The summed E-state index contributed by atoms with van der Waals surface area (Å²) in [5.41, 5.74) is 0.898. The van der Waals surface area contributed by atoms with Gasteiger partial charge in [0.15, 0.2) is 0 Å². The molecular weight excluding hydrogens is 295 g/mol. The summed E-state index contributed by atoms with van der Waals surface area (Å²) >= 11 is 0. The highest BCUT2D eigenvalue weighted by molar-refractivity contribution is 5.92. The Morgan fingerprint density at radius 1 is 1.30 bits per heavy atom. The largest absolute Gasteiger partial charge is 0.337 e. The highest BCUT2D eigenvalue weighted by atomic mass is 19.1. The van der Waals surface area contributed by atoms with Gasteiger partial charge >= 0.3 is 0 Å². The van der Waals surface area contributed by atoms with Gasteiger partial charge in [-0.05, 0) is 43.0 Å². The average Bonchev–Trinajstić information content (AvgIpc) is 2.55. The average molecular weight is 314 g/mol. The Morgan fingerprint density at radius 3 is 2.83 bits per heavy atom. The normalized spacial score (nSPS) is 15.5. The molecule has 0 unspecified atom stereocenters. The van der Waals surface area contributed by atoms with Crippen molar-refractivity contribution in [3.63, 3.8) is 0 Å². The monoisotopic (exact) mass is 314 g/mol. The standard InChI is InChI=1S/C17H19FN4O/c1-12-6-9-22(10-7-12)16(23)15-5-8-19-17(21-15)20-14-4-2-3-13(18)11-14/h2-5,8,11-12H,6-7,9-10H2,1H3,(H,19,20,21). The lowest BCUT2D eigenvalue weighted by atomic mass is 9.99. The third-order valence-electron chi connectivity index (χ3n) is 4.03. The van der Waals surface area contributed by atoms with Crippen molar-refractivity contribution in [2.24, 2.45) is 5.92 Å². The maximum absolute atomic E-state index is 13.2. The van der Waals surface area contributed by atoms with Gasteiger partial charge in [-0.15, -0.1) is 0 Å². The second-order valence-corrected chi connectivity index (χ2v) is 5.88. The summed E-state index contributed by atoms with van der Waals surface area (Å²) in [5.74, 6) is 0.521. The first-order chi connectivity index (χ1) is 11.1. The number of likely N-dealkylation sites (tertiary alicyclic amines) is 1. The van der Waals surface area contributed by atoms with E-state index in [1.807, 2.05) is 4.90 Å². The predicted molar refractivity (Wildman–Crippen MR) is 86.0 cm³/mol. The summed E-state index contributed by atoms with van der Waals surface area (Å²) in [6, 6.07) is 7.64. The first-order valence-electron chi connectivity index (χ1n) is 7.77. The number of hydrogen-bond acceptors (Lipinski definition) is 4. The van der Waals surface area contributed by atoms with Gasteiger partial charge < -0.3 is 10.2 Å². The topological polar surface area (TPSA) is 58.1 Å². The summed E-state index contributed by atoms with van der Waals surface area (Å²) in [4.78, 5) is 22.7. The number of halogens is 1. The van der Waals surface area contributed by atoms with Crippen molar-refractivity contribution in [1.29, 1.82) is 0 Å². The fourth-order valence-corrected chi connectivity index (χ4v) is 2.61. The van der Waals surface area contributed by atoms with Gasteiger partial charge in [-0.25, -0.2) is 14.4 Å². The van der Waals surface area contributed by atoms with Crippen LogP contribution in [0.4, 0.5) is 16.0 Å². The van der Waals surface area contributed by atoms with E-state index in [0.717, 1.165) is 25.9 Å². The number of hydrogen-bond donors (Lipinski definition) is 1. The van der Waals surface area contributed by atoms with Crippen LogP contribution >= 0.6 is 0 Å². The van der Waals surface area contributed by atoms with Crippen LogP contribution in [0.25, 0.3) is 0 Å². The number of nitrogens with one attached hydrogen (secondary N) is 1. The van der Waals surface area contributed by atoms with Gasteiger partial charge in [0, 0.05) is 25.0 Å². The molecule has 0 radical (unpaired) electrons. The number of carbonyl (C=O) groups is 1. The molecule has 2 aromatic rings. The van der Waals surface area contributed by atoms with Crippen molar-refractivity contribution >= 4 is 17.5 Å². The molecule has 1 aromatic carbocycles. The summed E-state index contributed by atoms with van der Waals surface area (Å²) in [6.45, 7) is 3.72. The SMILES string of the molecule is CC1CCN(C(=O)c2ccnc(Nc3cccc(F)c3)n2)CC1. The van der Waals surface area contributed by atoms with E-state index in [1.165, 1.54) is 18.3 Å². The Morgan fingerprint density at radius 2 is 2.09 bits per heavy atom. The third kappa shape index (κ3) is 3.83. The molecule has 0 bridgehead atoms. The van der Waals surface area contributed by atoms with E-state index in [-0.39, 0.29) is 17.7 Å². The fraction of sp³-hybridized carbons (Fsp3) is 0.353. The van der Waals surface area contributed by atoms with Crippen LogP contribution in [0.1, 0.15) is 30.3 Å². The molecule has 1 aliphatic heterocycles. The minimum Gasteiger partial charge on any atom is -0.337 e. The number of nitrogens with zero attached hydrogens (tertiary/aromatic N) is 3. The summed E-state index contributed by atoms with van der Waals surface area (Å²) < 4.78 is 13.2. The van der Waals surface area contributed by atoms with Crippen molar-refractivity contribution in [2.75, 3.05) is 18.4 Å². The van der Waals surface area contributed by atoms with Crippen LogP contribution in [0, 0.1) is 11.7 Å². The highest BCUT2D eigenvalue weighted by Gasteiger charge is 2.22. The smallest absolute Gasteiger partial charge is 0.272 e. The zero-order chi connectivity index (χ0) is 16.2. The predicted octanol–water partition coefficient (Wildman–Crippen LogP) is 3.23. The second kappa shape index (κ2) is 6.73. The Kier molecular flexibility index (Phi) is 4.50. The van der Waals surface area contributed by atoms with E-state index < -0.39 is 0 Å². The van der Waals surface area contributed by atoms with Gasteiger partial charge in [0.2, 0.25) is 5.95 Å². The van der Waals surface area contributed by atoms with Crippen LogP contribution in [-0.4, -0.2) is 33.9 Å². The summed E-state index contributed by atoms with van der Waals surface area (Å²) in [7, 11) is 0. The Labute approximate surface area is 134 Å². The number of benzene rings is 1. The first-order valence-corrected chi connectivity index (χ1v) is 7.77. The Bertz CT molecular complexity index is 698. The van der Waals surface area contributed by atoms with Gasteiger partial charge in [0.1, 0.15) is 11.5 Å². The Balaban J connectivity index is 1.73. The molecular formula is C17H19FN4O. The molecule has 23 heavy (non-hydrogen) atoms. The number of amides is 1. The molecule has 1 saturated heterocycles. The van der Waals surface area contributed by atoms with Crippen molar-refractivity contribution in [2.45, 2.75) is 19.8 Å². The molecule has 0 saturated carbocycles. The van der Waals surface area contributed by atoms with Crippen molar-refractivity contribution in [3.8, 4) is 0 Å². The molecule has 0 atom stereocenters. The van der Waals surface area contributed by atoms with Crippen LogP contribution < -0.4 is 5.32 Å². The van der Waals surface area contributed by atoms with Gasteiger partial charge in [-0.3, -0.25) is 4.79 Å². The van der Waals surface area contributed by atoms with Crippen molar-refractivity contribution < 1.29 is 9.18 Å². The van der Waals surface area contributed by atoms with Gasteiger partial charge in [0.25, 0.3) is 5.91 Å². The molecule has 0 spiro atoms. The summed E-state index contributed by atoms with van der Waals surface area (Å²) in [6.07, 6.45) is 3.57. The molecule has 0 aliphatic carbocycles. The number of anilines is 2. The molecule has 2 heterocycles. The molecule has 1 N–H and O–H groups in total. The molecule has 120 valence electrons. The zero-order valence-electron chi connectivity index (χ0n) is 13.0. The van der Waals surface area contributed by atoms with Gasteiger partial charge in [-0.1, -0.05) is 13.0 Å². The van der Waals surface area contributed by atoms with E-state index in [9.17, 15) is 9.18 Å². The van der Waals surface area contributed by atoms with Gasteiger partial charge in [-0.2, -0.15) is 0 Å². The van der Waals surface area contributed by atoms with Crippen LogP contribution in [0.3, 0.4) is 0 Å². The van der Waals surface area contributed by atoms with E-state index in [4.69, 9.17) is 0 Å². The molecule has 1 aliphatic rings. The van der Waals surface area contributed by atoms with Crippen LogP contribution in [-0.2, 0) is 0 Å². The van der Waals surface area contributed by atoms with Crippen molar-refractivity contribution in [1.82, 2.24) is 14.9 Å². The summed E-state index contributed by atoms with van der Waals surface area (Å²) in [5, 5.41) is 2.92. The van der Waals surface area contributed by atoms with E-state index in [1.54, 1.807) is 18.2 Å². The first kappa shape index (κ1) is 15.4. The highest BCUT2D eigenvalue weighted by Crippen LogP contribution is 2.18. The zero-order valence-corrected chi connectivity index (χ0v) is 13.0. The quantitative estimate of drug-likeness (QED) is 0.945. The van der Waals surface area contributed by atoms with Crippen LogP contribution in [0.5, 0.6) is 0 Å².